The maximum Gasteiger partial charge on any atom is 0.188 e. The molecule has 1 heterocycles. The summed E-state index contributed by atoms with van der Waals surface area (Å²) in [6, 6.07) is 17.7. The van der Waals surface area contributed by atoms with Crippen LogP contribution in [0.15, 0.2) is 60.7 Å². The quantitative estimate of drug-likeness (QED) is 0.551. The van der Waals surface area contributed by atoms with Crippen molar-refractivity contribution in [3.05, 3.63) is 77.5 Å². The zero-order chi connectivity index (χ0) is 13.9. The van der Waals surface area contributed by atoms with Crippen molar-refractivity contribution < 1.29 is 4.79 Å². The van der Waals surface area contributed by atoms with Gasteiger partial charge in [0.05, 0.1) is 5.56 Å². The minimum absolute atomic E-state index is 0.0313. The van der Waals surface area contributed by atoms with Crippen LogP contribution in [0.3, 0.4) is 0 Å². The van der Waals surface area contributed by atoms with E-state index in [1.165, 1.54) is 0 Å². The van der Waals surface area contributed by atoms with E-state index in [1.807, 2.05) is 67.6 Å². The molecular formula is C18H15NO. The van der Waals surface area contributed by atoms with Gasteiger partial charge in [0, 0.05) is 16.6 Å². The van der Waals surface area contributed by atoms with Gasteiger partial charge in [-0.1, -0.05) is 54.6 Å². The predicted molar refractivity (Wildman–Crippen MR) is 82.8 cm³/mol. The lowest BCUT2D eigenvalue weighted by Crippen LogP contribution is -1.95. The second-order valence-corrected chi connectivity index (χ2v) is 4.78. The topological polar surface area (TPSA) is 32.9 Å². The average Bonchev–Trinajstić information content (AvgIpc) is 2.82. The summed E-state index contributed by atoms with van der Waals surface area (Å²) in [4.78, 5) is 15.7. The summed E-state index contributed by atoms with van der Waals surface area (Å²) in [7, 11) is 0. The van der Waals surface area contributed by atoms with Gasteiger partial charge >= 0.3 is 0 Å². The Hall–Kier alpha value is -2.61. The number of rotatable bonds is 3. The highest BCUT2D eigenvalue weighted by molar-refractivity contribution is 6.15. The molecule has 0 spiro atoms. The lowest BCUT2D eigenvalue weighted by Gasteiger charge is -1.96. The lowest BCUT2D eigenvalue weighted by atomic mass is 10.1. The van der Waals surface area contributed by atoms with Crippen LogP contribution in [0.2, 0.25) is 0 Å². The molecule has 2 heteroatoms. The van der Waals surface area contributed by atoms with E-state index >= 15 is 0 Å². The molecule has 0 aliphatic heterocycles. The molecule has 0 radical (unpaired) electrons. The molecule has 0 unspecified atom stereocenters. The van der Waals surface area contributed by atoms with E-state index in [9.17, 15) is 4.79 Å². The Morgan fingerprint density at radius 1 is 1.00 bits per heavy atom. The number of carbonyl (C=O) groups excluding carboxylic acids is 1. The van der Waals surface area contributed by atoms with Crippen LogP contribution in [-0.4, -0.2) is 10.8 Å². The maximum absolute atomic E-state index is 12.4. The van der Waals surface area contributed by atoms with Crippen molar-refractivity contribution in [1.29, 1.82) is 0 Å². The Morgan fingerprint density at radius 3 is 2.50 bits per heavy atom. The number of hydrogen-bond acceptors (Lipinski definition) is 1. The summed E-state index contributed by atoms with van der Waals surface area (Å²) >= 11 is 0. The number of aromatic nitrogens is 1. The fraction of sp³-hybridized carbons (Fsp3) is 0.0556. The summed E-state index contributed by atoms with van der Waals surface area (Å²) in [5.74, 6) is 0.0313. The molecule has 98 valence electrons. The van der Waals surface area contributed by atoms with Crippen LogP contribution in [0, 0.1) is 6.92 Å². The lowest BCUT2D eigenvalue weighted by molar-refractivity contribution is 0.104. The van der Waals surface area contributed by atoms with Gasteiger partial charge in [0.1, 0.15) is 0 Å². The smallest absolute Gasteiger partial charge is 0.188 e. The summed E-state index contributed by atoms with van der Waals surface area (Å²) in [5.41, 5.74) is 3.70. The molecule has 0 aliphatic rings. The minimum Gasteiger partial charge on any atom is -0.358 e. The fourth-order valence-corrected chi connectivity index (χ4v) is 2.41. The molecule has 3 rings (SSSR count). The number of para-hydroxylation sites is 1. The third kappa shape index (κ3) is 2.28. The third-order valence-electron chi connectivity index (χ3n) is 3.37. The summed E-state index contributed by atoms with van der Waals surface area (Å²) in [6.45, 7) is 1.93. The Morgan fingerprint density at radius 2 is 1.70 bits per heavy atom. The fourth-order valence-electron chi connectivity index (χ4n) is 2.41. The number of ketones is 1. The molecule has 3 aromatic rings. The van der Waals surface area contributed by atoms with Gasteiger partial charge in [-0.25, -0.2) is 0 Å². The Labute approximate surface area is 117 Å². The van der Waals surface area contributed by atoms with Crippen LogP contribution in [-0.2, 0) is 0 Å². The van der Waals surface area contributed by atoms with Crippen LogP contribution in [0.4, 0.5) is 0 Å². The first-order chi connectivity index (χ1) is 9.75. The highest BCUT2D eigenvalue weighted by Crippen LogP contribution is 2.22. The molecule has 2 aromatic carbocycles. The molecule has 0 saturated carbocycles. The molecular weight excluding hydrogens is 246 g/mol. The molecule has 0 saturated heterocycles. The highest BCUT2D eigenvalue weighted by atomic mass is 16.1. The average molecular weight is 261 g/mol. The van der Waals surface area contributed by atoms with Gasteiger partial charge in [-0.2, -0.15) is 0 Å². The molecule has 0 fully saturated rings. The van der Waals surface area contributed by atoms with Gasteiger partial charge in [-0.15, -0.1) is 0 Å². The van der Waals surface area contributed by atoms with Gasteiger partial charge in [0.25, 0.3) is 0 Å². The normalized spacial score (nSPS) is 11.2. The molecule has 20 heavy (non-hydrogen) atoms. The van der Waals surface area contributed by atoms with E-state index in [2.05, 4.69) is 4.98 Å². The van der Waals surface area contributed by atoms with Crippen LogP contribution >= 0.6 is 0 Å². The summed E-state index contributed by atoms with van der Waals surface area (Å²) in [6.07, 6.45) is 3.49. The van der Waals surface area contributed by atoms with Gasteiger partial charge in [0.15, 0.2) is 5.78 Å². The Bertz CT molecular complexity index is 782. The van der Waals surface area contributed by atoms with E-state index in [0.29, 0.717) is 0 Å². The van der Waals surface area contributed by atoms with E-state index < -0.39 is 0 Å². The number of aromatic amines is 1. The highest BCUT2D eigenvalue weighted by Gasteiger charge is 2.12. The first kappa shape index (κ1) is 12.4. The molecule has 0 bridgehead atoms. The van der Waals surface area contributed by atoms with Crippen molar-refractivity contribution in [2.45, 2.75) is 6.92 Å². The van der Waals surface area contributed by atoms with Gasteiger partial charge < -0.3 is 4.98 Å². The molecule has 2 nitrogen and oxygen atoms in total. The van der Waals surface area contributed by atoms with Gasteiger partial charge in [-0.05, 0) is 24.6 Å². The standard InChI is InChI=1S/C18H15NO/c1-13-18(15-9-5-6-10-16(15)19-13)17(20)12-11-14-7-3-2-4-8-14/h2-12,19H,1H3/b12-11+. The second kappa shape index (κ2) is 5.17. The molecule has 0 amide bonds. The SMILES string of the molecule is Cc1[nH]c2ccccc2c1C(=O)/C=C/c1ccccc1. The zero-order valence-electron chi connectivity index (χ0n) is 11.3. The van der Waals surface area contributed by atoms with E-state index in [1.54, 1.807) is 6.08 Å². The number of nitrogens with one attached hydrogen (secondary N) is 1. The zero-order valence-corrected chi connectivity index (χ0v) is 11.3. The third-order valence-corrected chi connectivity index (χ3v) is 3.37. The van der Waals surface area contributed by atoms with Crippen LogP contribution in [0.25, 0.3) is 17.0 Å². The Kier molecular flexibility index (Phi) is 3.21. The number of allylic oxidation sites excluding steroid dienone is 1. The van der Waals surface area contributed by atoms with E-state index in [-0.39, 0.29) is 5.78 Å². The van der Waals surface area contributed by atoms with Gasteiger partial charge in [0.2, 0.25) is 0 Å². The van der Waals surface area contributed by atoms with Crippen LogP contribution in [0.5, 0.6) is 0 Å². The number of benzene rings is 2. The Balaban J connectivity index is 1.97. The van der Waals surface area contributed by atoms with Crippen molar-refractivity contribution in [3.63, 3.8) is 0 Å². The second-order valence-electron chi connectivity index (χ2n) is 4.78. The van der Waals surface area contributed by atoms with Crippen molar-refractivity contribution >= 4 is 22.8 Å². The van der Waals surface area contributed by atoms with Crippen LogP contribution < -0.4 is 0 Å². The van der Waals surface area contributed by atoms with Crippen molar-refractivity contribution in [2.75, 3.05) is 0 Å². The first-order valence-corrected chi connectivity index (χ1v) is 6.60. The molecule has 0 aliphatic carbocycles. The predicted octanol–water partition coefficient (Wildman–Crippen LogP) is 4.37. The summed E-state index contributed by atoms with van der Waals surface area (Å²) in [5, 5.41) is 0.979. The first-order valence-electron chi connectivity index (χ1n) is 6.60. The largest absolute Gasteiger partial charge is 0.358 e. The van der Waals surface area contributed by atoms with E-state index in [0.717, 1.165) is 27.7 Å². The minimum atomic E-state index is 0.0313. The number of fused-ring (bicyclic) bond motifs is 1. The molecule has 1 aromatic heterocycles. The van der Waals surface area contributed by atoms with Crippen molar-refractivity contribution in [3.8, 4) is 0 Å². The number of hydrogen-bond donors (Lipinski definition) is 1. The molecule has 0 atom stereocenters. The number of carbonyl (C=O) groups is 1. The number of aryl methyl sites for hydroxylation is 1. The van der Waals surface area contributed by atoms with Crippen LogP contribution in [0.1, 0.15) is 21.6 Å². The molecule has 1 N–H and O–H groups in total. The number of H-pyrrole nitrogens is 1. The van der Waals surface area contributed by atoms with E-state index in [4.69, 9.17) is 0 Å². The van der Waals surface area contributed by atoms with Gasteiger partial charge in [-0.3, -0.25) is 4.79 Å². The van der Waals surface area contributed by atoms with Crippen molar-refractivity contribution in [2.24, 2.45) is 0 Å². The summed E-state index contributed by atoms with van der Waals surface area (Å²) < 4.78 is 0. The maximum atomic E-state index is 12.4. The monoisotopic (exact) mass is 261 g/mol. The van der Waals surface area contributed by atoms with Crippen molar-refractivity contribution in [1.82, 2.24) is 4.98 Å².